The first-order valence-corrected chi connectivity index (χ1v) is 8.88. The molecule has 0 saturated carbocycles. The van der Waals surface area contributed by atoms with Gasteiger partial charge in [0.1, 0.15) is 0 Å². The van der Waals surface area contributed by atoms with Crippen molar-refractivity contribution in [2.45, 2.75) is 5.22 Å². The number of ketones is 1. The van der Waals surface area contributed by atoms with Gasteiger partial charge in [-0.15, -0.1) is 10.2 Å². The summed E-state index contributed by atoms with van der Waals surface area (Å²) in [6.07, 6.45) is 0. The van der Waals surface area contributed by atoms with Gasteiger partial charge in [0.15, 0.2) is 5.78 Å². The molecule has 2 aromatic carbocycles. The van der Waals surface area contributed by atoms with E-state index in [4.69, 9.17) is 27.6 Å². The third-order valence-electron chi connectivity index (χ3n) is 3.30. The van der Waals surface area contributed by atoms with E-state index in [2.05, 4.69) is 10.2 Å². The molecule has 0 atom stereocenters. The summed E-state index contributed by atoms with van der Waals surface area (Å²) in [5.41, 5.74) is 0.447. The molecule has 0 spiro atoms. The first-order chi connectivity index (χ1) is 12.5. The van der Waals surface area contributed by atoms with Gasteiger partial charge in [-0.1, -0.05) is 47.1 Å². The number of nitro groups is 1. The number of halogens is 2. The second kappa shape index (κ2) is 7.86. The molecule has 0 fully saturated rings. The van der Waals surface area contributed by atoms with Crippen LogP contribution in [-0.4, -0.2) is 26.7 Å². The summed E-state index contributed by atoms with van der Waals surface area (Å²) in [6, 6.07) is 10.7. The van der Waals surface area contributed by atoms with Gasteiger partial charge in [-0.05, 0) is 18.2 Å². The van der Waals surface area contributed by atoms with Crippen LogP contribution in [0.3, 0.4) is 0 Å². The second-order valence-corrected chi connectivity index (χ2v) is 6.73. The number of nitrogens with zero attached hydrogens (tertiary/aromatic N) is 3. The fourth-order valence-electron chi connectivity index (χ4n) is 2.06. The van der Waals surface area contributed by atoms with Crippen molar-refractivity contribution >= 4 is 46.4 Å². The van der Waals surface area contributed by atoms with E-state index >= 15 is 0 Å². The van der Waals surface area contributed by atoms with Crippen LogP contribution < -0.4 is 0 Å². The van der Waals surface area contributed by atoms with Gasteiger partial charge in [-0.3, -0.25) is 14.9 Å². The van der Waals surface area contributed by atoms with Crippen LogP contribution >= 0.6 is 35.0 Å². The Bertz CT molecular complexity index is 993. The maximum atomic E-state index is 12.3. The lowest BCUT2D eigenvalue weighted by Crippen LogP contribution is -2.04. The molecule has 0 radical (unpaired) electrons. The van der Waals surface area contributed by atoms with Gasteiger partial charge in [-0.25, -0.2) is 0 Å². The molecule has 0 aliphatic heterocycles. The van der Waals surface area contributed by atoms with E-state index in [1.54, 1.807) is 24.3 Å². The summed E-state index contributed by atoms with van der Waals surface area (Å²) in [7, 11) is 0. The molecule has 3 aromatic rings. The van der Waals surface area contributed by atoms with Crippen LogP contribution in [0.1, 0.15) is 10.4 Å². The zero-order valence-corrected chi connectivity index (χ0v) is 15.2. The third-order valence-corrected chi connectivity index (χ3v) is 4.78. The van der Waals surface area contributed by atoms with Crippen LogP contribution in [0.4, 0.5) is 5.69 Å². The fraction of sp³-hybridized carbons (Fsp3) is 0.0625. The molecule has 132 valence electrons. The van der Waals surface area contributed by atoms with Crippen molar-refractivity contribution in [1.29, 1.82) is 0 Å². The van der Waals surface area contributed by atoms with Crippen LogP contribution in [0.2, 0.25) is 10.0 Å². The normalized spacial score (nSPS) is 10.7. The lowest BCUT2D eigenvalue weighted by atomic mass is 10.1. The highest BCUT2D eigenvalue weighted by molar-refractivity contribution is 7.99. The Balaban J connectivity index is 1.72. The molecule has 3 rings (SSSR count). The largest absolute Gasteiger partial charge is 0.411 e. The highest BCUT2D eigenvalue weighted by atomic mass is 35.5. The Hall–Kier alpha value is -2.42. The van der Waals surface area contributed by atoms with E-state index in [1.807, 2.05) is 0 Å². The standard InChI is InChI=1S/C16H9Cl2N3O4S/c17-12-4-2-1-3-10(12)15-19-20-16(25-15)26-8-14(22)11-7-9(21(23)24)5-6-13(11)18/h1-7H,8H2. The summed E-state index contributed by atoms with van der Waals surface area (Å²) < 4.78 is 5.49. The number of hydrogen-bond acceptors (Lipinski definition) is 7. The SMILES string of the molecule is O=C(CSc1nnc(-c2ccccc2Cl)o1)c1cc([N+](=O)[O-])ccc1Cl. The zero-order valence-electron chi connectivity index (χ0n) is 12.9. The number of carbonyl (C=O) groups is 1. The van der Waals surface area contributed by atoms with Crippen LogP contribution in [0.15, 0.2) is 52.1 Å². The van der Waals surface area contributed by atoms with Crippen molar-refractivity contribution < 1.29 is 14.1 Å². The summed E-state index contributed by atoms with van der Waals surface area (Å²) in [6.45, 7) is 0. The Morgan fingerprint density at radius 1 is 1.15 bits per heavy atom. The van der Waals surface area contributed by atoms with Crippen molar-refractivity contribution in [2.75, 3.05) is 5.75 Å². The van der Waals surface area contributed by atoms with Gasteiger partial charge in [0.2, 0.25) is 5.89 Å². The second-order valence-electron chi connectivity index (χ2n) is 4.99. The molecule has 0 unspecified atom stereocenters. The molecule has 0 saturated heterocycles. The first-order valence-electron chi connectivity index (χ1n) is 7.14. The first kappa shape index (κ1) is 18.4. The summed E-state index contributed by atoms with van der Waals surface area (Å²) >= 11 is 13.0. The molecule has 0 aliphatic rings. The zero-order chi connectivity index (χ0) is 18.7. The van der Waals surface area contributed by atoms with Crippen molar-refractivity contribution in [3.8, 4) is 11.5 Å². The molecular weight excluding hydrogens is 401 g/mol. The number of nitro benzene ring substituents is 1. The number of non-ortho nitro benzene ring substituents is 1. The molecule has 0 bridgehead atoms. The minimum Gasteiger partial charge on any atom is -0.411 e. The Morgan fingerprint density at radius 3 is 2.65 bits per heavy atom. The van der Waals surface area contributed by atoms with Gasteiger partial charge in [0, 0.05) is 17.7 Å². The molecule has 1 heterocycles. The van der Waals surface area contributed by atoms with Crippen LogP contribution in [0.25, 0.3) is 11.5 Å². The summed E-state index contributed by atoms with van der Waals surface area (Å²) in [5, 5.41) is 19.4. The molecule has 26 heavy (non-hydrogen) atoms. The summed E-state index contributed by atoms with van der Waals surface area (Å²) in [5.74, 6) is -0.217. The molecular formula is C16H9Cl2N3O4S. The van der Waals surface area contributed by atoms with E-state index in [9.17, 15) is 14.9 Å². The molecule has 0 amide bonds. The third kappa shape index (κ3) is 4.04. The topological polar surface area (TPSA) is 99.1 Å². The van der Waals surface area contributed by atoms with E-state index in [0.717, 1.165) is 17.8 Å². The minimum atomic E-state index is -0.589. The molecule has 0 aliphatic carbocycles. The number of benzene rings is 2. The van der Waals surface area contributed by atoms with Gasteiger partial charge in [-0.2, -0.15) is 0 Å². The highest BCUT2D eigenvalue weighted by Gasteiger charge is 2.18. The number of hydrogen-bond donors (Lipinski definition) is 0. The lowest BCUT2D eigenvalue weighted by molar-refractivity contribution is -0.384. The fourth-order valence-corrected chi connectivity index (χ4v) is 3.14. The number of rotatable bonds is 6. The maximum Gasteiger partial charge on any atom is 0.277 e. The predicted octanol–water partition coefficient (Wildman–Crippen LogP) is 4.93. The van der Waals surface area contributed by atoms with Gasteiger partial charge in [0.25, 0.3) is 10.9 Å². The Labute approximate surface area is 161 Å². The Morgan fingerprint density at radius 2 is 1.92 bits per heavy atom. The highest BCUT2D eigenvalue weighted by Crippen LogP contribution is 2.29. The van der Waals surface area contributed by atoms with Gasteiger partial charge in [0.05, 0.1) is 26.3 Å². The number of aromatic nitrogens is 2. The van der Waals surface area contributed by atoms with Crippen LogP contribution in [0, 0.1) is 10.1 Å². The van der Waals surface area contributed by atoms with E-state index in [-0.39, 0.29) is 38.9 Å². The van der Waals surface area contributed by atoms with Crippen molar-refractivity contribution in [2.24, 2.45) is 0 Å². The Kier molecular flexibility index (Phi) is 5.55. The number of Topliss-reactive ketones (excluding diaryl/α,β-unsaturated/α-hetero) is 1. The van der Waals surface area contributed by atoms with E-state index in [0.29, 0.717) is 10.6 Å². The predicted molar refractivity (Wildman–Crippen MR) is 97.9 cm³/mol. The van der Waals surface area contributed by atoms with Crippen molar-refractivity contribution in [1.82, 2.24) is 10.2 Å². The molecule has 10 heteroatoms. The lowest BCUT2D eigenvalue weighted by Gasteiger charge is -2.02. The van der Waals surface area contributed by atoms with Gasteiger partial charge < -0.3 is 4.42 Å². The summed E-state index contributed by atoms with van der Waals surface area (Å²) in [4.78, 5) is 22.5. The van der Waals surface area contributed by atoms with E-state index in [1.165, 1.54) is 12.1 Å². The molecule has 7 nitrogen and oxygen atoms in total. The smallest absolute Gasteiger partial charge is 0.277 e. The maximum absolute atomic E-state index is 12.3. The number of thioether (sulfide) groups is 1. The monoisotopic (exact) mass is 409 g/mol. The average Bonchev–Trinajstić information content (AvgIpc) is 3.09. The average molecular weight is 410 g/mol. The van der Waals surface area contributed by atoms with Crippen molar-refractivity contribution in [3.63, 3.8) is 0 Å². The van der Waals surface area contributed by atoms with Crippen molar-refractivity contribution in [3.05, 3.63) is 68.2 Å². The molecule has 0 N–H and O–H groups in total. The van der Waals surface area contributed by atoms with Crippen LogP contribution in [0.5, 0.6) is 0 Å². The van der Waals surface area contributed by atoms with Crippen LogP contribution in [-0.2, 0) is 0 Å². The minimum absolute atomic E-state index is 0.0644. The number of carbonyl (C=O) groups excluding carboxylic acids is 1. The van der Waals surface area contributed by atoms with E-state index < -0.39 is 4.92 Å². The van der Waals surface area contributed by atoms with Gasteiger partial charge >= 0.3 is 0 Å². The molecule has 1 aromatic heterocycles. The quantitative estimate of drug-likeness (QED) is 0.246.